The second kappa shape index (κ2) is 4.79. The van der Waals surface area contributed by atoms with Gasteiger partial charge >= 0.3 is 0 Å². The van der Waals surface area contributed by atoms with Crippen molar-refractivity contribution in [3.05, 3.63) is 29.3 Å². The van der Waals surface area contributed by atoms with E-state index in [4.69, 9.17) is 0 Å². The van der Waals surface area contributed by atoms with Crippen LogP contribution in [0.3, 0.4) is 0 Å². The summed E-state index contributed by atoms with van der Waals surface area (Å²) in [6.45, 7) is 5.70. The second-order valence-electron chi connectivity index (χ2n) is 4.54. The number of benzene rings is 1. The Kier molecular flexibility index (Phi) is 3.47. The molecule has 0 atom stereocenters. The van der Waals surface area contributed by atoms with Gasteiger partial charge in [-0.15, -0.1) is 0 Å². The maximum atomic E-state index is 12.0. The molecule has 2 N–H and O–H groups in total. The summed E-state index contributed by atoms with van der Waals surface area (Å²) in [6.07, 6.45) is 0. The van der Waals surface area contributed by atoms with Gasteiger partial charge in [0.15, 0.2) is 0 Å². The molecular formula is C13H16N2O3S. The molecule has 0 aromatic heterocycles. The Labute approximate surface area is 112 Å². The van der Waals surface area contributed by atoms with Crippen molar-refractivity contribution in [2.24, 2.45) is 0 Å². The van der Waals surface area contributed by atoms with E-state index >= 15 is 0 Å². The number of hydrogen-bond acceptors (Lipinski definition) is 3. The third-order valence-corrected chi connectivity index (χ3v) is 4.42. The molecule has 1 aromatic carbocycles. The molecule has 0 saturated heterocycles. The van der Waals surface area contributed by atoms with Gasteiger partial charge < -0.3 is 5.32 Å². The number of nitrogens with one attached hydrogen (secondary N) is 2. The highest BCUT2D eigenvalue weighted by molar-refractivity contribution is 7.89. The minimum atomic E-state index is -3.51. The molecule has 0 fully saturated rings. The van der Waals surface area contributed by atoms with Crippen LogP contribution in [0.25, 0.3) is 5.57 Å². The van der Waals surface area contributed by atoms with Crippen LogP contribution < -0.4 is 10.0 Å². The van der Waals surface area contributed by atoms with Crippen molar-refractivity contribution in [1.82, 2.24) is 4.72 Å². The first-order valence-electron chi connectivity index (χ1n) is 5.99. The highest BCUT2D eigenvalue weighted by Crippen LogP contribution is 2.35. The molecule has 0 unspecified atom stereocenters. The number of sulfonamides is 1. The smallest absolute Gasteiger partial charge is 0.256 e. The summed E-state index contributed by atoms with van der Waals surface area (Å²) in [7, 11) is -3.51. The Bertz CT molecular complexity index is 671. The summed E-state index contributed by atoms with van der Waals surface area (Å²) in [6, 6.07) is 4.64. The molecular weight excluding hydrogens is 264 g/mol. The molecule has 6 heteroatoms. The summed E-state index contributed by atoms with van der Waals surface area (Å²) in [4.78, 5) is 12.0. The molecule has 5 nitrogen and oxygen atoms in total. The maximum Gasteiger partial charge on any atom is 0.256 e. The average molecular weight is 280 g/mol. The van der Waals surface area contributed by atoms with Gasteiger partial charge in [-0.1, -0.05) is 12.5 Å². The molecule has 19 heavy (non-hydrogen) atoms. The molecule has 1 heterocycles. The Morgan fingerprint density at radius 1 is 1.32 bits per heavy atom. The third kappa shape index (κ3) is 2.41. The van der Waals surface area contributed by atoms with Crippen LogP contribution in [0, 0.1) is 0 Å². The van der Waals surface area contributed by atoms with Crippen molar-refractivity contribution >= 4 is 27.2 Å². The third-order valence-electron chi connectivity index (χ3n) is 2.88. The van der Waals surface area contributed by atoms with Crippen LogP contribution >= 0.6 is 0 Å². The van der Waals surface area contributed by atoms with Gasteiger partial charge in [-0.05, 0) is 32.0 Å². The highest BCUT2D eigenvalue weighted by Gasteiger charge is 2.27. The number of anilines is 1. The van der Waals surface area contributed by atoms with E-state index < -0.39 is 10.0 Å². The minimum Gasteiger partial charge on any atom is -0.321 e. The Hall–Kier alpha value is -1.66. The lowest BCUT2D eigenvalue weighted by atomic mass is 10.0. The zero-order valence-corrected chi connectivity index (χ0v) is 11.9. The first-order chi connectivity index (χ1) is 8.86. The Balaban J connectivity index is 2.58. The second-order valence-corrected chi connectivity index (χ2v) is 6.30. The van der Waals surface area contributed by atoms with E-state index in [0.29, 0.717) is 23.4 Å². The van der Waals surface area contributed by atoms with Crippen LogP contribution in [0.4, 0.5) is 5.69 Å². The van der Waals surface area contributed by atoms with Gasteiger partial charge in [-0.2, -0.15) is 0 Å². The van der Waals surface area contributed by atoms with E-state index in [0.717, 1.165) is 5.57 Å². The zero-order chi connectivity index (χ0) is 14.2. The van der Waals surface area contributed by atoms with E-state index in [1.54, 1.807) is 13.0 Å². The van der Waals surface area contributed by atoms with Gasteiger partial charge in [0.05, 0.1) is 4.90 Å². The van der Waals surface area contributed by atoms with Crippen LogP contribution in [-0.2, 0) is 14.8 Å². The fraction of sp³-hybridized carbons (Fsp3) is 0.308. The minimum absolute atomic E-state index is 0.170. The number of hydrogen-bond donors (Lipinski definition) is 2. The largest absolute Gasteiger partial charge is 0.321 e. The summed E-state index contributed by atoms with van der Waals surface area (Å²) in [5, 5.41) is 2.73. The first-order valence-corrected chi connectivity index (χ1v) is 7.48. The van der Waals surface area contributed by atoms with Gasteiger partial charge in [-0.25, -0.2) is 13.1 Å². The van der Waals surface area contributed by atoms with Crippen molar-refractivity contribution in [2.75, 3.05) is 11.9 Å². The first kappa shape index (κ1) is 13.8. The molecule has 0 spiro atoms. The van der Waals surface area contributed by atoms with Crippen molar-refractivity contribution in [1.29, 1.82) is 0 Å². The van der Waals surface area contributed by atoms with Crippen LogP contribution in [-0.4, -0.2) is 20.9 Å². The van der Waals surface area contributed by atoms with Crippen LogP contribution in [0.1, 0.15) is 26.3 Å². The fourth-order valence-corrected chi connectivity index (χ4v) is 3.15. The zero-order valence-electron chi connectivity index (χ0n) is 11.1. The van der Waals surface area contributed by atoms with Crippen molar-refractivity contribution in [3.8, 4) is 0 Å². The van der Waals surface area contributed by atoms with Gasteiger partial charge in [0.25, 0.3) is 5.91 Å². The quantitative estimate of drug-likeness (QED) is 0.828. The van der Waals surface area contributed by atoms with E-state index in [1.165, 1.54) is 12.1 Å². The van der Waals surface area contributed by atoms with Gasteiger partial charge in [-0.3, -0.25) is 4.79 Å². The number of amides is 1. The number of carbonyl (C=O) groups excluding carboxylic acids is 1. The summed E-state index contributed by atoms with van der Waals surface area (Å²) >= 11 is 0. The summed E-state index contributed by atoms with van der Waals surface area (Å²) < 4.78 is 26.4. The maximum absolute atomic E-state index is 12.0. The van der Waals surface area contributed by atoms with Crippen molar-refractivity contribution < 1.29 is 13.2 Å². The molecule has 1 amide bonds. The molecule has 102 valence electrons. The monoisotopic (exact) mass is 280 g/mol. The van der Waals surface area contributed by atoms with Crippen molar-refractivity contribution in [2.45, 2.75) is 25.7 Å². The number of allylic oxidation sites excluding steroid dienone is 1. The SMILES string of the molecule is CCNS(=O)(=O)c1ccc2c(c1)C(=C(C)C)C(=O)N2. The van der Waals surface area contributed by atoms with E-state index in [-0.39, 0.29) is 10.8 Å². The van der Waals surface area contributed by atoms with E-state index in [9.17, 15) is 13.2 Å². The number of rotatable bonds is 3. The lowest BCUT2D eigenvalue weighted by molar-refractivity contribution is -0.110. The molecule has 0 saturated carbocycles. The Morgan fingerprint density at radius 2 is 2.00 bits per heavy atom. The van der Waals surface area contributed by atoms with Crippen molar-refractivity contribution in [3.63, 3.8) is 0 Å². The van der Waals surface area contributed by atoms with E-state index in [1.807, 2.05) is 13.8 Å². The van der Waals surface area contributed by atoms with E-state index in [2.05, 4.69) is 10.0 Å². The molecule has 1 aliphatic heterocycles. The molecule has 0 bridgehead atoms. The van der Waals surface area contributed by atoms with Crippen LogP contribution in [0.2, 0.25) is 0 Å². The average Bonchev–Trinajstić information content (AvgIpc) is 2.63. The highest BCUT2D eigenvalue weighted by atomic mass is 32.2. The lowest BCUT2D eigenvalue weighted by Crippen LogP contribution is -2.23. The van der Waals surface area contributed by atoms with Crippen LogP contribution in [0.15, 0.2) is 28.7 Å². The summed E-state index contributed by atoms with van der Waals surface area (Å²) in [5.74, 6) is -0.187. The van der Waals surface area contributed by atoms with Gasteiger partial charge in [0, 0.05) is 23.4 Å². The molecule has 0 aliphatic carbocycles. The predicted octanol–water partition coefficient (Wildman–Crippen LogP) is 1.73. The van der Waals surface area contributed by atoms with Gasteiger partial charge in [0.2, 0.25) is 10.0 Å². The lowest BCUT2D eigenvalue weighted by Gasteiger charge is -2.07. The summed E-state index contributed by atoms with van der Waals surface area (Å²) in [5.41, 5.74) is 2.69. The number of fused-ring (bicyclic) bond motifs is 1. The van der Waals surface area contributed by atoms with Gasteiger partial charge in [0.1, 0.15) is 0 Å². The molecule has 2 rings (SSSR count). The predicted molar refractivity (Wildman–Crippen MR) is 74.2 cm³/mol. The standard InChI is InChI=1S/C13H16N2O3S/c1-4-14-19(17,18)9-5-6-11-10(7-9)12(8(2)3)13(16)15-11/h5-7,14H,4H2,1-3H3,(H,15,16). The topological polar surface area (TPSA) is 75.3 Å². The molecule has 0 radical (unpaired) electrons. The molecule has 1 aromatic rings. The fourth-order valence-electron chi connectivity index (χ4n) is 2.08. The number of carbonyl (C=O) groups is 1. The normalized spacial score (nSPS) is 14.3. The van der Waals surface area contributed by atoms with Crippen LogP contribution in [0.5, 0.6) is 0 Å². The Morgan fingerprint density at radius 3 is 2.58 bits per heavy atom. The molecule has 1 aliphatic rings.